The van der Waals surface area contributed by atoms with Gasteiger partial charge in [-0.15, -0.1) is 0 Å². The Labute approximate surface area is 142 Å². The Bertz CT molecular complexity index is 861. The Morgan fingerprint density at radius 1 is 1.12 bits per heavy atom. The molecule has 0 aliphatic heterocycles. The van der Waals surface area contributed by atoms with Crippen LogP contribution in [0.3, 0.4) is 0 Å². The third-order valence-electron chi connectivity index (χ3n) is 3.56. The van der Waals surface area contributed by atoms with Gasteiger partial charge in [-0.3, -0.25) is 4.79 Å². The standard InChI is InChI=1S/C17H20N2O4S/c1-12-9-10-13(11-16(12)24(21,22)19(2)3)18-17(20)14-7-5-6-8-15(14)23-4/h5-11H,1-4H3,(H,18,20). The van der Waals surface area contributed by atoms with Crippen molar-refractivity contribution in [3.8, 4) is 5.75 Å². The lowest BCUT2D eigenvalue weighted by atomic mass is 10.1. The monoisotopic (exact) mass is 348 g/mol. The molecule has 0 unspecified atom stereocenters. The van der Waals surface area contributed by atoms with E-state index in [1.807, 2.05) is 0 Å². The van der Waals surface area contributed by atoms with E-state index in [1.165, 1.54) is 27.3 Å². The molecule has 1 N–H and O–H groups in total. The maximum atomic E-state index is 12.4. The molecule has 0 aliphatic carbocycles. The third kappa shape index (κ3) is 3.58. The molecule has 0 aromatic heterocycles. The zero-order valence-corrected chi connectivity index (χ0v) is 14.8. The summed E-state index contributed by atoms with van der Waals surface area (Å²) in [5.74, 6) is 0.0766. The van der Waals surface area contributed by atoms with Crippen molar-refractivity contribution in [2.24, 2.45) is 0 Å². The average molecular weight is 348 g/mol. The summed E-state index contributed by atoms with van der Waals surface area (Å²) in [6, 6.07) is 11.6. The maximum Gasteiger partial charge on any atom is 0.259 e. The summed E-state index contributed by atoms with van der Waals surface area (Å²) in [4.78, 5) is 12.6. The highest BCUT2D eigenvalue weighted by atomic mass is 32.2. The van der Waals surface area contributed by atoms with Crippen LogP contribution in [-0.4, -0.2) is 39.8 Å². The van der Waals surface area contributed by atoms with E-state index in [1.54, 1.807) is 43.3 Å². The predicted octanol–water partition coefficient (Wildman–Crippen LogP) is 2.51. The van der Waals surface area contributed by atoms with Gasteiger partial charge in [-0.05, 0) is 36.8 Å². The highest BCUT2D eigenvalue weighted by Gasteiger charge is 2.21. The Hall–Kier alpha value is -2.38. The van der Waals surface area contributed by atoms with Gasteiger partial charge < -0.3 is 10.1 Å². The molecule has 2 aromatic carbocycles. The number of carbonyl (C=O) groups excluding carboxylic acids is 1. The molecule has 24 heavy (non-hydrogen) atoms. The summed E-state index contributed by atoms with van der Waals surface area (Å²) in [6.07, 6.45) is 0. The van der Waals surface area contributed by atoms with E-state index in [2.05, 4.69) is 5.32 Å². The number of nitrogens with zero attached hydrogens (tertiary/aromatic N) is 1. The van der Waals surface area contributed by atoms with Gasteiger partial charge in [0.1, 0.15) is 5.75 Å². The molecule has 6 nitrogen and oxygen atoms in total. The number of para-hydroxylation sites is 1. The number of carbonyl (C=O) groups is 1. The Morgan fingerprint density at radius 3 is 2.42 bits per heavy atom. The van der Waals surface area contributed by atoms with Crippen LogP contribution in [0.15, 0.2) is 47.4 Å². The van der Waals surface area contributed by atoms with E-state index in [0.717, 1.165) is 4.31 Å². The highest BCUT2D eigenvalue weighted by Crippen LogP contribution is 2.24. The summed E-state index contributed by atoms with van der Waals surface area (Å²) < 4.78 is 31.0. The number of hydrogen-bond donors (Lipinski definition) is 1. The fraction of sp³-hybridized carbons (Fsp3) is 0.235. The second-order valence-electron chi connectivity index (χ2n) is 5.42. The van der Waals surface area contributed by atoms with Gasteiger partial charge in [0.2, 0.25) is 10.0 Å². The molecule has 0 saturated heterocycles. The number of rotatable bonds is 5. The van der Waals surface area contributed by atoms with Crippen LogP contribution in [0.4, 0.5) is 5.69 Å². The van der Waals surface area contributed by atoms with Crippen molar-refractivity contribution in [3.63, 3.8) is 0 Å². The first kappa shape index (κ1) is 18.0. The Morgan fingerprint density at radius 2 is 1.79 bits per heavy atom. The van der Waals surface area contributed by atoms with Gasteiger partial charge in [-0.1, -0.05) is 18.2 Å². The second kappa shape index (κ2) is 7.02. The van der Waals surface area contributed by atoms with Crippen molar-refractivity contribution in [3.05, 3.63) is 53.6 Å². The lowest BCUT2D eigenvalue weighted by Crippen LogP contribution is -2.23. The fourth-order valence-corrected chi connectivity index (χ4v) is 3.33. The van der Waals surface area contributed by atoms with Gasteiger partial charge >= 0.3 is 0 Å². The van der Waals surface area contributed by atoms with E-state index in [9.17, 15) is 13.2 Å². The van der Waals surface area contributed by atoms with Gasteiger partial charge in [0.25, 0.3) is 5.91 Å². The fourth-order valence-electron chi connectivity index (χ4n) is 2.18. The van der Waals surface area contributed by atoms with Gasteiger partial charge in [-0.25, -0.2) is 12.7 Å². The average Bonchev–Trinajstić information content (AvgIpc) is 2.56. The SMILES string of the molecule is COc1ccccc1C(=O)Nc1ccc(C)c(S(=O)(=O)N(C)C)c1. The summed E-state index contributed by atoms with van der Waals surface area (Å²) >= 11 is 0. The molecule has 7 heteroatoms. The predicted molar refractivity (Wildman–Crippen MR) is 93.0 cm³/mol. The highest BCUT2D eigenvalue weighted by molar-refractivity contribution is 7.89. The molecule has 0 heterocycles. The molecule has 0 radical (unpaired) electrons. The summed E-state index contributed by atoms with van der Waals surface area (Å²) in [5.41, 5.74) is 1.38. The lowest BCUT2D eigenvalue weighted by Gasteiger charge is -2.15. The van der Waals surface area contributed by atoms with Crippen LogP contribution in [-0.2, 0) is 10.0 Å². The van der Waals surface area contributed by atoms with Crippen molar-refractivity contribution < 1.29 is 17.9 Å². The minimum Gasteiger partial charge on any atom is -0.496 e. The van der Waals surface area contributed by atoms with Crippen LogP contribution < -0.4 is 10.1 Å². The number of hydrogen-bond acceptors (Lipinski definition) is 4. The molecule has 2 aromatic rings. The van der Waals surface area contributed by atoms with Crippen LogP contribution in [0.1, 0.15) is 15.9 Å². The minimum absolute atomic E-state index is 0.158. The zero-order chi connectivity index (χ0) is 17.9. The zero-order valence-electron chi connectivity index (χ0n) is 14.0. The normalized spacial score (nSPS) is 11.4. The summed E-state index contributed by atoms with van der Waals surface area (Å²) in [6.45, 7) is 1.71. The van der Waals surface area contributed by atoms with Gasteiger partial charge in [-0.2, -0.15) is 0 Å². The van der Waals surface area contributed by atoms with Crippen LogP contribution >= 0.6 is 0 Å². The second-order valence-corrected chi connectivity index (χ2v) is 7.54. The van der Waals surface area contributed by atoms with E-state index in [4.69, 9.17) is 4.74 Å². The van der Waals surface area contributed by atoms with E-state index >= 15 is 0 Å². The number of benzene rings is 2. The molecular formula is C17H20N2O4S. The van der Waals surface area contributed by atoms with Gasteiger partial charge in [0.15, 0.2) is 0 Å². The number of anilines is 1. The molecule has 0 bridgehead atoms. The quantitative estimate of drug-likeness (QED) is 0.901. The number of ether oxygens (including phenoxy) is 1. The third-order valence-corrected chi connectivity index (χ3v) is 5.51. The first-order valence-corrected chi connectivity index (χ1v) is 8.69. The maximum absolute atomic E-state index is 12.4. The minimum atomic E-state index is -3.59. The topological polar surface area (TPSA) is 75.7 Å². The molecule has 1 amide bonds. The molecule has 0 aliphatic rings. The molecule has 0 spiro atoms. The van der Waals surface area contributed by atoms with Crippen molar-refractivity contribution >= 4 is 21.6 Å². The van der Waals surface area contributed by atoms with E-state index in [-0.39, 0.29) is 10.8 Å². The van der Waals surface area contributed by atoms with Crippen molar-refractivity contribution in [1.29, 1.82) is 0 Å². The number of aryl methyl sites for hydroxylation is 1. The van der Waals surface area contributed by atoms with Crippen molar-refractivity contribution in [2.45, 2.75) is 11.8 Å². The van der Waals surface area contributed by atoms with E-state index < -0.39 is 10.0 Å². The smallest absolute Gasteiger partial charge is 0.259 e. The molecule has 0 fully saturated rings. The summed E-state index contributed by atoms with van der Waals surface area (Å²) in [7, 11) is 0.834. The molecule has 2 rings (SSSR count). The number of nitrogens with one attached hydrogen (secondary N) is 1. The van der Waals surface area contributed by atoms with Crippen LogP contribution in [0.25, 0.3) is 0 Å². The number of sulfonamides is 1. The first-order valence-electron chi connectivity index (χ1n) is 7.25. The molecule has 0 atom stereocenters. The molecule has 128 valence electrons. The van der Waals surface area contributed by atoms with Gasteiger partial charge in [0.05, 0.1) is 17.6 Å². The van der Waals surface area contributed by atoms with Crippen LogP contribution in [0.2, 0.25) is 0 Å². The van der Waals surface area contributed by atoms with E-state index in [0.29, 0.717) is 22.6 Å². The van der Waals surface area contributed by atoms with Crippen LogP contribution in [0.5, 0.6) is 5.75 Å². The number of methoxy groups -OCH3 is 1. The lowest BCUT2D eigenvalue weighted by molar-refractivity contribution is 0.102. The first-order chi connectivity index (χ1) is 11.3. The van der Waals surface area contributed by atoms with Crippen molar-refractivity contribution in [2.75, 3.05) is 26.5 Å². The summed E-state index contributed by atoms with van der Waals surface area (Å²) in [5, 5.41) is 2.71. The Balaban J connectivity index is 2.36. The van der Waals surface area contributed by atoms with Crippen molar-refractivity contribution in [1.82, 2.24) is 4.31 Å². The number of amides is 1. The largest absolute Gasteiger partial charge is 0.496 e. The van der Waals surface area contributed by atoms with Gasteiger partial charge in [0, 0.05) is 19.8 Å². The molecule has 0 saturated carbocycles. The van der Waals surface area contributed by atoms with Crippen LogP contribution in [0, 0.1) is 6.92 Å². The Kier molecular flexibility index (Phi) is 5.26. The molecular weight excluding hydrogens is 328 g/mol.